The third-order valence-corrected chi connectivity index (χ3v) is 26.3. The highest BCUT2D eigenvalue weighted by Crippen LogP contribution is 2.31. The molecule has 12 aromatic rings. The van der Waals surface area contributed by atoms with E-state index in [-0.39, 0.29) is 163 Å². The number of ketones is 4. The van der Waals surface area contributed by atoms with Crippen molar-refractivity contribution in [3.05, 3.63) is 284 Å². The first-order valence-electron chi connectivity index (χ1n) is 49.0. The molecule has 0 spiro atoms. The zero-order valence-corrected chi connectivity index (χ0v) is 84.2. The van der Waals surface area contributed by atoms with Gasteiger partial charge < -0.3 is 110 Å². The number of fused-ring (bicyclic) bond motifs is 5. The number of amides is 8. The molecule has 13 rings (SSSR count). The van der Waals surface area contributed by atoms with Gasteiger partial charge in [0, 0.05) is 194 Å². The zero-order chi connectivity index (χ0) is 106. The Morgan fingerprint density at radius 2 is 0.633 bits per heavy atom. The summed E-state index contributed by atoms with van der Waals surface area (Å²) in [5.41, 5.74) is 80.0. The van der Waals surface area contributed by atoms with Crippen molar-refractivity contribution in [3.63, 3.8) is 0 Å². The number of nitrogens with one attached hydrogen (secondary N) is 4. The van der Waals surface area contributed by atoms with Crippen molar-refractivity contribution in [2.45, 2.75) is 138 Å². The van der Waals surface area contributed by atoms with Crippen LogP contribution in [0.3, 0.4) is 0 Å². The van der Waals surface area contributed by atoms with Crippen LogP contribution in [-0.4, -0.2) is 263 Å². The van der Waals surface area contributed by atoms with E-state index in [9.17, 15) is 57.5 Å². The topological polar surface area (TPSA) is 654 Å². The number of carbonyl (C=O) groups excluding carboxylic acids is 12. The minimum absolute atomic E-state index is 0.0496. The number of thiophene rings is 2. The zero-order valence-electron chi connectivity index (χ0n) is 82.5. The van der Waals surface area contributed by atoms with E-state index in [2.05, 4.69) is 59.4 Å². The first-order chi connectivity index (χ1) is 71.0. The number of nitrogens with zero attached hydrogens (tertiary/aromatic N) is 9. The molecule has 28 N–H and O–H groups in total. The second kappa shape index (κ2) is 60.0. The number of hydrogen-bond acceptors (Lipinski definition) is 31. The summed E-state index contributed by atoms with van der Waals surface area (Å²) in [4.78, 5) is 180. The molecule has 0 saturated heterocycles. The largest absolute Gasteiger partial charge is 0.345 e. The Hall–Kier alpha value is -14.2. The molecule has 8 amide bonds. The van der Waals surface area contributed by atoms with E-state index in [0.717, 1.165) is 89.1 Å². The van der Waals surface area contributed by atoms with Gasteiger partial charge in [-0.2, -0.15) is 16.6 Å². The minimum Gasteiger partial charge on any atom is -0.345 e. The van der Waals surface area contributed by atoms with Crippen LogP contribution in [0.25, 0.3) is 43.6 Å². The fraction of sp³-hybridized carbons (Fsp3) is 0.361. The van der Waals surface area contributed by atoms with Gasteiger partial charge in [-0.25, -0.2) is 0 Å². The first-order valence-corrected chi connectivity index (χ1v) is 50.9. The molecule has 0 unspecified atom stereocenters. The van der Waals surface area contributed by atoms with Crippen LogP contribution in [0.4, 0.5) is 0 Å². The summed E-state index contributed by atoms with van der Waals surface area (Å²) in [5, 5.41) is 29.7. The summed E-state index contributed by atoms with van der Waals surface area (Å²) in [6.45, 7) is 4.89. The fourth-order valence-corrected chi connectivity index (χ4v) is 18.4. The van der Waals surface area contributed by atoms with E-state index < -0.39 is 72.0 Å². The number of aromatic nitrogens is 4. The van der Waals surface area contributed by atoms with Gasteiger partial charge in [0.05, 0.1) is 108 Å². The average molecular weight is 2040 g/mol. The fourth-order valence-electron chi connectivity index (χ4n) is 17.0. The lowest BCUT2D eigenvalue weighted by Crippen LogP contribution is -2.51. The minimum atomic E-state index is -1.15. The van der Waals surface area contributed by atoms with Gasteiger partial charge in [-0.3, -0.25) is 77.5 Å². The van der Waals surface area contributed by atoms with E-state index in [4.69, 9.17) is 74.1 Å². The molecule has 0 saturated carbocycles. The quantitative estimate of drug-likeness (QED) is 0.0260. The number of hydrogen-bond donors (Lipinski definition) is 16. The Labute approximate surface area is 862 Å². The lowest BCUT2D eigenvalue weighted by Gasteiger charge is -2.25. The summed E-state index contributed by atoms with van der Waals surface area (Å²) in [6.07, 6.45) is 9.39. The molecule has 6 aromatic carbocycles. The Kier molecular flexibility index (Phi) is 46.9. The Balaban J connectivity index is 0.000000201. The number of benzene rings is 6. The Morgan fingerprint density at radius 3 is 0.925 bits per heavy atom. The van der Waals surface area contributed by atoms with Crippen LogP contribution in [0.2, 0.25) is 0 Å². The SMILES string of the molecule is N#Cc1ccc(C[C@H](NC(=O)[C@@H](N)CC(=O)N(CCN)CCN)C(=O)Cc2cnc3ccccc3c2)cc1.NCCN(CCN)C(=O)C[C@H](N)C(=O)N[C@@H](CC1Cc2ccccc2C1)C(=O)Cc1cnc2ccccc2c1.NCCN(CCN)C(=O)C[C@H](N)C(=O)N[C@@H](Cc1cccs1)C(=O)Cc1cnc2ccccc2c1.NCCN(CCN)C(=O)C[C@H](N)C(=O)N[C@@H](Cc1ccsc1)C(=O)Cc1cnc2ccccc2c1. The molecule has 0 radical (unpaired) electrons. The number of rotatable bonds is 52. The molecule has 37 nitrogen and oxygen atoms in total. The summed E-state index contributed by atoms with van der Waals surface area (Å²) in [5.74, 6) is -3.89. The highest BCUT2D eigenvalue weighted by atomic mass is 32.1. The van der Waals surface area contributed by atoms with Crippen molar-refractivity contribution in [2.24, 2.45) is 74.7 Å². The maximum Gasteiger partial charge on any atom is 0.238 e. The molecule has 8 atom stereocenters. The van der Waals surface area contributed by atoms with Crippen molar-refractivity contribution in [2.75, 3.05) is 105 Å². The van der Waals surface area contributed by atoms with E-state index >= 15 is 0 Å². The van der Waals surface area contributed by atoms with E-state index in [0.29, 0.717) is 82.7 Å². The maximum atomic E-state index is 13.6. The average Bonchev–Trinajstić information content (AvgIpc) is 1.77. The van der Waals surface area contributed by atoms with Crippen LogP contribution < -0.4 is 90.1 Å². The number of pyridine rings is 4. The molecule has 0 fully saturated rings. The summed E-state index contributed by atoms with van der Waals surface area (Å²) >= 11 is 3.02. The van der Waals surface area contributed by atoms with Gasteiger partial charge in [0.25, 0.3) is 0 Å². The van der Waals surface area contributed by atoms with Crippen molar-refractivity contribution >= 4 is 137 Å². The molecule has 6 aromatic heterocycles. The van der Waals surface area contributed by atoms with Gasteiger partial charge in [-0.05, 0) is 165 Å². The van der Waals surface area contributed by atoms with Crippen LogP contribution >= 0.6 is 22.7 Å². The van der Waals surface area contributed by atoms with Gasteiger partial charge in [0.15, 0.2) is 23.1 Å². The van der Waals surface area contributed by atoms with Crippen molar-refractivity contribution in [1.29, 1.82) is 5.26 Å². The summed E-state index contributed by atoms with van der Waals surface area (Å²) < 4.78 is 0. The smallest absolute Gasteiger partial charge is 0.238 e. The first kappa shape index (κ1) is 115. The van der Waals surface area contributed by atoms with Crippen LogP contribution in [0.15, 0.2) is 229 Å². The molecule has 0 aliphatic heterocycles. The lowest BCUT2D eigenvalue weighted by atomic mass is 9.92. The van der Waals surface area contributed by atoms with E-state index in [1.54, 1.807) is 49.1 Å². The molecule has 147 heavy (non-hydrogen) atoms. The molecular weight excluding hydrogens is 1900 g/mol. The highest BCUT2D eigenvalue weighted by Gasteiger charge is 2.35. The van der Waals surface area contributed by atoms with E-state index in [1.807, 2.05) is 168 Å². The predicted octanol–water partition coefficient (Wildman–Crippen LogP) is 2.71. The highest BCUT2D eigenvalue weighted by molar-refractivity contribution is 7.10. The molecule has 1 aliphatic carbocycles. The van der Waals surface area contributed by atoms with Crippen LogP contribution in [-0.2, 0) is 115 Å². The maximum absolute atomic E-state index is 13.6. The second-order valence-electron chi connectivity index (χ2n) is 35.9. The van der Waals surface area contributed by atoms with E-state index in [1.165, 1.54) is 53.4 Å². The summed E-state index contributed by atoms with van der Waals surface area (Å²) in [7, 11) is 0. The third kappa shape index (κ3) is 36.5. The van der Waals surface area contributed by atoms with Gasteiger partial charge in [-0.15, -0.1) is 11.3 Å². The Morgan fingerprint density at radius 1 is 0.340 bits per heavy atom. The Bertz CT molecular complexity index is 6190. The number of nitrogens with two attached hydrogens (primary N) is 12. The number of Topliss-reactive ketones (excluding diaryl/α,β-unsaturated/α-hetero) is 4. The standard InChI is InChI=1S/C30H38N6O3.C28H33N7O3.2C25H32N6O3S/c31-9-11-36(12-10-32)29(38)18-25(33)30(39)35-27(16-20-13-22-5-1-2-6-23(22)14-20)28(37)17-21-15-24-7-3-4-8-26(24)34-19-21;29-9-11-35(12-10-30)27(37)16-23(32)28(38)34-25(14-19-5-7-20(17-31)8-6-19)26(36)15-21-13-22-3-1-2-4-24(22)33-18-21;26-7-9-31(10-8-27)24(33)15-20(28)25(34)30-22(14-19-5-3-11-35-19)23(32)13-17-12-18-4-1-2-6-21(18)29-16-17;26-6-8-31(9-7-27)24(33)14-20(28)25(34)30-22(12-17-5-10-35-16-17)23(32)13-18-11-19-3-1-2-4-21(19)29-15-18/h1-8,15,19-20,25,27H,9-14,16-18,31-33H2,(H,35,39);1-8,13,18,23,25H,9-12,14-16,29-30,32H2,(H,34,38);1-6,11-12,16,20,22H,7-10,13-15,26-28H2,(H,30,34);1-5,10-11,15-16,20,22H,6-9,12-14,26-28H2,(H,30,34)/t25-,27-;23-,25-;2*20-,22-/m0000/s1. The molecule has 1 aliphatic rings. The van der Waals surface area contributed by atoms with Gasteiger partial charge in [-0.1, -0.05) is 115 Å². The summed E-state index contributed by atoms with van der Waals surface area (Å²) in [6, 6.07) is 53.6. The predicted molar refractivity (Wildman–Crippen MR) is 572 cm³/mol. The van der Waals surface area contributed by atoms with Gasteiger partial charge in [0.1, 0.15) is 0 Å². The monoisotopic (exact) mass is 2040 g/mol. The number of para-hydroxylation sites is 4. The van der Waals surface area contributed by atoms with Crippen LogP contribution in [0, 0.1) is 17.2 Å². The normalized spacial score (nSPS) is 13.1. The molecule has 39 heteroatoms. The molecule has 0 bridgehead atoms. The van der Waals surface area contributed by atoms with Crippen LogP contribution in [0.1, 0.15) is 87.1 Å². The lowest BCUT2D eigenvalue weighted by molar-refractivity contribution is -0.135. The second-order valence-corrected chi connectivity index (χ2v) is 37.8. The van der Waals surface area contributed by atoms with Gasteiger partial charge in [0.2, 0.25) is 47.3 Å². The van der Waals surface area contributed by atoms with Crippen molar-refractivity contribution in [3.8, 4) is 6.07 Å². The van der Waals surface area contributed by atoms with Crippen molar-refractivity contribution in [1.82, 2.24) is 60.8 Å². The molecule has 776 valence electrons. The van der Waals surface area contributed by atoms with Gasteiger partial charge >= 0.3 is 0 Å². The number of nitriles is 1. The number of carbonyl (C=O) groups is 12. The van der Waals surface area contributed by atoms with Crippen LogP contribution in [0.5, 0.6) is 0 Å². The van der Waals surface area contributed by atoms with Crippen molar-refractivity contribution < 1.29 is 57.5 Å². The third-order valence-electron chi connectivity index (χ3n) is 24.7. The molecular formula is C108H135N25O12S2. The molecule has 6 heterocycles.